The first-order valence-electron chi connectivity index (χ1n) is 10.6. The van der Waals surface area contributed by atoms with E-state index in [1.54, 1.807) is 24.3 Å². The lowest BCUT2D eigenvalue weighted by Gasteiger charge is -2.16. The Hall–Kier alpha value is -3.78. The van der Waals surface area contributed by atoms with E-state index in [9.17, 15) is 14.7 Å². The molecule has 0 saturated carbocycles. The largest absolute Gasteiger partial charge is 0.480 e. The van der Waals surface area contributed by atoms with Gasteiger partial charge in [-0.05, 0) is 42.3 Å². The number of thioether (sulfide) groups is 1. The van der Waals surface area contributed by atoms with Crippen molar-refractivity contribution >= 4 is 41.0 Å². The molecule has 1 unspecified atom stereocenters. The number of benzene rings is 3. The van der Waals surface area contributed by atoms with Crippen molar-refractivity contribution in [1.29, 1.82) is 0 Å². The summed E-state index contributed by atoms with van der Waals surface area (Å²) < 4.78 is 0. The number of guanidine groups is 1. The van der Waals surface area contributed by atoms with E-state index in [-0.39, 0.29) is 5.91 Å². The molecular formula is C25H24N4O3S. The fourth-order valence-electron chi connectivity index (χ4n) is 3.38. The Labute approximate surface area is 196 Å². The Bertz CT molecular complexity index is 1170. The summed E-state index contributed by atoms with van der Waals surface area (Å²) in [5.41, 5.74) is 2.77. The highest BCUT2D eigenvalue weighted by atomic mass is 32.2. The van der Waals surface area contributed by atoms with Crippen molar-refractivity contribution in [3.8, 4) is 0 Å². The van der Waals surface area contributed by atoms with E-state index in [2.05, 4.69) is 20.9 Å². The van der Waals surface area contributed by atoms with Crippen LogP contribution in [-0.4, -0.2) is 41.3 Å². The number of carbonyl (C=O) groups excluding carboxylic acids is 1. The Morgan fingerprint density at radius 3 is 2.58 bits per heavy atom. The van der Waals surface area contributed by atoms with Gasteiger partial charge in [-0.2, -0.15) is 0 Å². The number of nitrogens with one attached hydrogen (secondary N) is 3. The molecule has 0 fully saturated rings. The average molecular weight is 461 g/mol. The minimum absolute atomic E-state index is 0.275. The van der Waals surface area contributed by atoms with Crippen LogP contribution in [0.5, 0.6) is 0 Å². The van der Waals surface area contributed by atoms with Crippen LogP contribution in [0.2, 0.25) is 0 Å². The van der Waals surface area contributed by atoms with Crippen LogP contribution in [0.15, 0.2) is 88.8 Å². The van der Waals surface area contributed by atoms with Crippen molar-refractivity contribution in [2.75, 3.05) is 23.7 Å². The number of hydrogen-bond acceptors (Lipinski definition) is 6. The molecule has 0 aliphatic carbocycles. The van der Waals surface area contributed by atoms with Gasteiger partial charge in [0.05, 0.1) is 12.2 Å². The van der Waals surface area contributed by atoms with E-state index in [1.165, 1.54) is 11.8 Å². The zero-order chi connectivity index (χ0) is 23.0. The summed E-state index contributed by atoms with van der Waals surface area (Å²) in [6.45, 7) is 1.51. The number of amides is 1. The van der Waals surface area contributed by atoms with Crippen LogP contribution in [0.3, 0.4) is 0 Å². The van der Waals surface area contributed by atoms with Gasteiger partial charge in [-0.25, -0.2) is 0 Å². The molecule has 7 nitrogen and oxygen atoms in total. The van der Waals surface area contributed by atoms with Crippen LogP contribution in [0.4, 0.5) is 11.4 Å². The van der Waals surface area contributed by atoms with E-state index < -0.39 is 11.2 Å². The van der Waals surface area contributed by atoms with E-state index in [0.29, 0.717) is 28.5 Å². The molecule has 4 N–H and O–H groups in total. The van der Waals surface area contributed by atoms with Crippen LogP contribution in [-0.2, 0) is 11.2 Å². The van der Waals surface area contributed by atoms with Crippen molar-refractivity contribution in [1.82, 2.24) is 5.32 Å². The number of hydrogen-bond donors (Lipinski definition) is 4. The number of nitrogens with zero attached hydrogens (tertiary/aromatic N) is 1. The zero-order valence-corrected chi connectivity index (χ0v) is 18.6. The van der Waals surface area contributed by atoms with Gasteiger partial charge < -0.3 is 21.1 Å². The highest BCUT2D eigenvalue weighted by Crippen LogP contribution is 2.32. The monoisotopic (exact) mass is 460 g/mol. The van der Waals surface area contributed by atoms with Gasteiger partial charge in [0.2, 0.25) is 0 Å². The van der Waals surface area contributed by atoms with Gasteiger partial charge in [-0.3, -0.25) is 14.6 Å². The quantitative estimate of drug-likeness (QED) is 0.378. The first-order chi connectivity index (χ1) is 16.1. The molecular weight excluding hydrogens is 436 g/mol. The first kappa shape index (κ1) is 22.4. The highest BCUT2D eigenvalue weighted by molar-refractivity contribution is 8.00. The fourth-order valence-corrected chi connectivity index (χ4v) is 4.47. The number of para-hydroxylation sites is 1. The van der Waals surface area contributed by atoms with Gasteiger partial charge in [0.15, 0.2) is 5.96 Å². The smallest absolute Gasteiger partial charge is 0.317 e. The summed E-state index contributed by atoms with van der Waals surface area (Å²) in [5, 5.41) is 18.3. The van der Waals surface area contributed by atoms with Gasteiger partial charge in [-0.15, -0.1) is 11.8 Å². The van der Waals surface area contributed by atoms with E-state index in [4.69, 9.17) is 0 Å². The Morgan fingerprint density at radius 2 is 1.82 bits per heavy atom. The summed E-state index contributed by atoms with van der Waals surface area (Å²) in [6, 6.07) is 23.9. The van der Waals surface area contributed by atoms with Gasteiger partial charge in [0, 0.05) is 22.7 Å². The summed E-state index contributed by atoms with van der Waals surface area (Å²) >= 11 is 1.23. The molecule has 1 aliphatic heterocycles. The van der Waals surface area contributed by atoms with E-state index in [0.717, 1.165) is 24.3 Å². The van der Waals surface area contributed by atoms with Crippen molar-refractivity contribution in [3.63, 3.8) is 0 Å². The lowest BCUT2D eigenvalue weighted by Crippen LogP contribution is -2.26. The lowest BCUT2D eigenvalue weighted by atomic mass is 10.1. The minimum Gasteiger partial charge on any atom is -0.480 e. The average Bonchev–Trinajstić information content (AvgIpc) is 3.33. The zero-order valence-electron chi connectivity index (χ0n) is 17.8. The number of aliphatic carboxylic acids is 1. The molecule has 0 spiro atoms. The molecule has 4 rings (SSSR count). The normalized spacial score (nSPS) is 13.5. The third-order valence-corrected chi connectivity index (χ3v) is 6.27. The highest BCUT2D eigenvalue weighted by Gasteiger charge is 2.21. The third kappa shape index (κ3) is 6.14. The maximum absolute atomic E-state index is 13.0. The number of carboxylic acids is 1. The second-order valence-electron chi connectivity index (χ2n) is 7.45. The van der Waals surface area contributed by atoms with Crippen LogP contribution in [0.25, 0.3) is 0 Å². The second-order valence-corrected chi connectivity index (χ2v) is 8.69. The molecule has 0 saturated heterocycles. The molecule has 1 aliphatic rings. The molecule has 0 aromatic heterocycles. The maximum atomic E-state index is 13.0. The summed E-state index contributed by atoms with van der Waals surface area (Å²) in [5.74, 6) is -0.484. The third-order valence-electron chi connectivity index (χ3n) is 5.01. The van der Waals surface area contributed by atoms with Gasteiger partial charge in [-0.1, -0.05) is 48.5 Å². The molecule has 3 aromatic carbocycles. The lowest BCUT2D eigenvalue weighted by molar-refractivity contribution is -0.136. The van der Waals surface area contributed by atoms with Crippen LogP contribution in [0, 0.1) is 0 Å². The Balaban J connectivity index is 1.48. The predicted molar refractivity (Wildman–Crippen MR) is 132 cm³/mol. The molecule has 0 radical (unpaired) electrons. The molecule has 0 bridgehead atoms. The molecule has 8 heteroatoms. The number of anilines is 2. The second kappa shape index (κ2) is 10.7. The summed E-state index contributed by atoms with van der Waals surface area (Å²) in [4.78, 5) is 29.9. The van der Waals surface area contributed by atoms with E-state index >= 15 is 0 Å². The maximum Gasteiger partial charge on any atom is 0.317 e. The Kier molecular flexibility index (Phi) is 7.26. The van der Waals surface area contributed by atoms with Crippen molar-refractivity contribution in [2.24, 2.45) is 4.99 Å². The molecule has 1 heterocycles. The van der Waals surface area contributed by atoms with Crippen LogP contribution < -0.4 is 16.0 Å². The van der Waals surface area contributed by atoms with Gasteiger partial charge in [0.1, 0.15) is 5.25 Å². The Morgan fingerprint density at radius 1 is 1.03 bits per heavy atom. The standard InChI is InChI=1S/C25H24N4O3S/c30-23(18-9-6-10-19(16-18)28-25-26-13-14-27-25)29-20-11-4-5-12-21(20)33-22(24(31)32)15-17-7-2-1-3-8-17/h1-12,16,22H,13-15H2,(H,29,30)(H,31,32)(H2,26,27,28). The molecule has 1 amide bonds. The number of carbonyl (C=O) groups is 2. The number of rotatable bonds is 8. The summed E-state index contributed by atoms with van der Waals surface area (Å²) in [7, 11) is 0. The minimum atomic E-state index is -0.896. The van der Waals surface area contributed by atoms with Crippen molar-refractivity contribution < 1.29 is 14.7 Å². The first-order valence-corrected chi connectivity index (χ1v) is 11.5. The fraction of sp³-hybridized carbons (Fsp3) is 0.160. The van der Waals surface area contributed by atoms with Crippen molar-refractivity contribution in [2.45, 2.75) is 16.6 Å². The topological polar surface area (TPSA) is 103 Å². The van der Waals surface area contributed by atoms with Gasteiger partial charge in [0.25, 0.3) is 5.91 Å². The van der Waals surface area contributed by atoms with Gasteiger partial charge >= 0.3 is 5.97 Å². The SMILES string of the molecule is O=C(Nc1ccccc1SC(Cc1ccccc1)C(=O)O)c1cccc(NC2=NCCN2)c1. The predicted octanol–water partition coefficient (Wildman–Crippen LogP) is 4.10. The number of aliphatic imine (C=N–C) groups is 1. The number of carboxylic acid groups (broad SMARTS) is 1. The van der Waals surface area contributed by atoms with Crippen molar-refractivity contribution in [3.05, 3.63) is 90.0 Å². The molecule has 1 atom stereocenters. The molecule has 168 valence electrons. The molecule has 33 heavy (non-hydrogen) atoms. The molecule has 3 aromatic rings. The summed E-state index contributed by atoms with van der Waals surface area (Å²) in [6.07, 6.45) is 0.384. The van der Waals surface area contributed by atoms with Crippen LogP contribution >= 0.6 is 11.8 Å². The van der Waals surface area contributed by atoms with Crippen LogP contribution in [0.1, 0.15) is 15.9 Å². The van der Waals surface area contributed by atoms with E-state index in [1.807, 2.05) is 54.6 Å².